The van der Waals surface area contributed by atoms with Crippen LogP contribution in [0.2, 0.25) is 0 Å². The second-order valence-corrected chi connectivity index (χ2v) is 6.21. The molecule has 6 nitrogen and oxygen atoms in total. The van der Waals surface area contributed by atoms with Gasteiger partial charge in [0, 0.05) is 23.7 Å². The molecule has 0 fully saturated rings. The van der Waals surface area contributed by atoms with Crippen LogP contribution in [0, 0.1) is 0 Å². The molecule has 2 heterocycles. The lowest BCUT2D eigenvalue weighted by atomic mass is 10.1. The summed E-state index contributed by atoms with van der Waals surface area (Å²) in [5.41, 5.74) is 2.89. The maximum atomic E-state index is 12.4. The number of ether oxygens (including phenoxy) is 2. The third kappa shape index (κ3) is 3.13. The van der Waals surface area contributed by atoms with Gasteiger partial charge in [0.25, 0.3) is 5.91 Å². The van der Waals surface area contributed by atoms with Crippen LogP contribution in [0.15, 0.2) is 53.1 Å². The summed E-state index contributed by atoms with van der Waals surface area (Å²) in [5, 5.41) is 6.67. The van der Waals surface area contributed by atoms with Crippen molar-refractivity contribution in [2.75, 3.05) is 12.4 Å². The van der Waals surface area contributed by atoms with E-state index in [2.05, 4.69) is 10.5 Å². The first kappa shape index (κ1) is 16.2. The predicted octanol–water partition coefficient (Wildman–Crippen LogP) is 3.93. The highest BCUT2D eigenvalue weighted by molar-refractivity contribution is 6.03. The molecular formula is C20H18N2O4. The molecule has 0 aliphatic carbocycles. The molecule has 1 amide bonds. The molecule has 0 radical (unpaired) electrons. The Morgan fingerprint density at radius 2 is 2.00 bits per heavy atom. The molecule has 2 aromatic carbocycles. The second kappa shape index (κ2) is 6.55. The van der Waals surface area contributed by atoms with Crippen LogP contribution in [-0.4, -0.2) is 24.3 Å². The lowest BCUT2D eigenvalue weighted by molar-refractivity contribution is 0.101. The van der Waals surface area contributed by atoms with Crippen molar-refractivity contribution in [1.82, 2.24) is 5.16 Å². The van der Waals surface area contributed by atoms with Gasteiger partial charge in [-0.05, 0) is 55.0 Å². The third-order valence-corrected chi connectivity index (χ3v) is 4.27. The molecule has 6 heteroatoms. The van der Waals surface area contributed by atoms with Gasteiger partial charge in [-0.2, -0.15) is 0 Å². The SMILES string of the molecule is COc1ccc(NC(=O)c2cc(-c3ccc4c(c3)C[C@@H](C)O4)on2)cc1. The molecule has 1 aliphatic rings. The molecule has 0 saturated carbocycles. The monoisotopic (exact) mass is 350 g/mol. The molecule has 3 aromatic rings. The number of nitrogens with zero attached hydrogens (tertiary/aromatic N) is 1. The van der Waals surface area contributed by atoms with Crippen LogP contribution in [0.1, 0.15) is 23.0 Å². The van der Waals surface area contributed by atoms with E-state index in [0.717, 1.165) is 29.0 Å². The van der Waals surface area contributed by atoms with Gasteiger partial charge in [-0.3, -0.25) is 4.79 Å². The Labute approximate surface area is 150 Å². The Hall–Kier alpha value is -3.28. The van der Waals surface area contributed by atoms with Crippen LogP contribution in [-0.2, 0) is 6.42 Å². The summed E-state index contributed by atoms with van der Waals surface area (Å²) in [6.07, 6.45) is 1.04. The van der Waals surface area contributed by atoms with Crippen molar-refractivity contribution in [1.29, 1.82) is 0 Å². The lowest BCUT2D eigenvalue weighted by Crippen LogP contribution is -2.11. The van der Waals surface area contributed by atoms with Crippen LogP contribution in [0.25, 0.3) is 11.3 Å². The number of hydrogen-bond donors (Lipinski definition) is 1. The summed E-state index contributed by atoms with van der Waals surface area (Å²) in [5.74, 6) is 1.84. The van der Waals surface area contributed by atoms with Crippen molar-refractivity contribution >= 4 is 11.6 Å². The van der Waals surface area contributed by atoms with E-state index >= 15 is 0 Å². The van der Waals surface area contributed by atoms with Gasteiger partial charge in [-0.25, -0.2) is 0 Å². The van der Waals surface area contributed by atoms with Crippen molar-refractivity contribution < 1.29 is 18.8 Å². The van der Waals surface area contributed by atoms with Gasteiger partial charge in [-0.15, -0.1) is 0 Å². The first-order valence-electron chi connectivity index (χ1n) is 8.34. The van der Waals surface area contributed by atoms with Gasteiger partial charge in [0.2, 0.25) is 0 Å². The molecular weight excluding hydrogens is 332 g/mol. The number of fused-ring (bicyclic) bond motifs is 1. The highest BCUT2D eigenvalue weighted by Gasteiger charge is 2.21. The number of amides is 1. The average molecular weight is 350 g/mol. The molecule has 1 aromatic heterocycles. The Bertz CT molecular complexity index is 947. The lowest BCUT2D eigenvalue weighted by Gasteiger charge is -2.04. The summed E-state index contributed by atoms with van der Waals surface area (Å²) < 4.78 is 16.2. The molecule has 1 aliphatic heterocycles. The smallest absolute Gasteiger partial charge is 0.277 e. The van der Waals surface area contributed by atoms with Gasteiger partial charge < -0.3 is 19.3 Å². The van der Waals surface area contributed by atoms with Crippen molar-refractivity contribution in [2.45, 2.75) is 19.4 Å². The zero-order valence-corrected chi connectivity index (χ0v) is 14.5. The molecule has 1 atom stereocenters. The highest BCUT2D eigenvalue weighted by atomic mass is 16.5. The molecule has 0 spiro atoms. The average Bonchev–Trinajstić information content (AvgIpc) is 3.27. The maximum absolute atomic E-state index is 12.4. The van der Waals surface area contributed by atoms with Gasteiger partial charge in [-0.1, -0.05) is 5.16 Å². The van der Waals surface area contributed by atoms with Crippen LogP contribution in [0.4, 0.5) is 5.69 Å². The first-order valence-corrected chi connectivity index (χ1v) is 8.34. The Kier molecular flexibility index (Phi) is 4.08. The highest BCUT2D eigenvalue weighted by Crippen LogP contribution is 2.33. The number of hydrogen-bond acceptors (Lipinski definition) is 5. The van der Waals surface area contributed by atoms with E-state index in [1.165, 1.54) is 0 Å². The number of benzene rings is 2. The third-order valence-electron chi connectivity index (χ3n) is 4.27. The van der Waals surface area contributed by atoms with Crippen LogP contribution >= 0.6 is 0 Å². The number of nitrogens with one attached hydrogen (secondary N) is 1. The normalized spacial score (nSPS) is 15.2. The largest absolute Gasteiger partial charge is 0.497 e. The quantitative estimate of drug-likeness (QED) is 0.772. The summed E-state index contributed by atoms with van der Waals surface area (Å²) in [7, 11) is 1.59. The summed E-state index contributed by atoms with van der Waals surface area (Å²) in [6, 6.07) is 14.6. The van der Waals surface area contributed by atoms with Gasteiger partial charge >= 0.3 is 0 Å². The number of anilines is 1. The van der Waals surface area contributed by atoms with Crippen molar-refractivity contribution in [2.24, 2.45) is 0 Å². The molecule has 132 valence electrons. The molecule has 26 heavy (non-hydrogen) atoms. The fraction of sp³-hybridized carbons (Fsp3) is 0.200. The van der Waals surface area contributed by atoms with E-state index < -0.39 is 0 Å². The van der Waals surface area contributed by atoms with Crippen LogP contribution < -0.4 is 14.8 Å². The maximum Gasteiger partial charge on any atom is 0.277 e. The second-order valence-electron chi connectivity index (χ2n) is 6.21. The Morgan fingerprint density at radius 3 is 2.77 bits per heavy atom. The van der Waals surface area contributed by atoms with Crippen molar-refractivity contribution in [3.63, 3.8) is 0 Å². The van der Waals surface area contributed by atoms with E-state index in [0.29, 0.717) is 11.4 Å². The van der Waals surface area contributed by atoms with E-state index in [1.54, 1.807) is 37.4 Å². The summed E-state index contributed by atoms with van der Waals surface area (Å²) in [6.45, 7) is 2.04. The van der Waals surface area contributed by atoms with Crippen molar-refractivity contribution in [3.8, 4) is 22.8 Å². The Morgan fingerprint density at radius 1 is 1.19 bits per heavy atom. The first-order chi connectivity index (χ1) is 12.6. The molecule has 1 N–H and O–H groups in total. The standard InChI is InChI=1S/C20H18N2O4/c1-12-9-14-10-13(3-8-18(14)25-12)19-11-17(22-26-19)20(23)21-15-4-6-16(24-2)7-5-15/h3-8,10-12H,9H2,1-2H3,(H,21,23)/t12-/m1/s1. The molecule has 0 unspecified atom stereocenters. The number of carbonyl (C=O) groups is 1. The fourth-order valence-corrected chi connectivity index (χ4v) is 2.96. The van der Waals surface area contributed by atoms with Crippen LogP contribution in [0.3, 0.4) is 0 Å². The fourth-order valence-electron chi connectivity index (χ4n) is 2.96. The zero-order chi connectivity index (χ0) is 18.1. The Balaban J connectivity index is 1.50. The van der Waals surface area contributed by atoms with E-state index in [9.17, 15) is 4.79 Å². The number of aromatic nitrogens is 1. The number of carbonyl (C=O) groups excluding carboxylic acids is 1. The van der Waals surface area contributed by atoms with E-state index in [1.807, 2.05) is 25.1 Å². The van der Waals surface area contributed by atoms with E-state index in [4.69, 9.17) is 14.0 Å². The number of rotatable bonds is 4. The van der Waals surface area contributed by atoms with Crippen molar-refractivity contribution in [3.05, 3.63) is 59.8 Å². The molecule has 4 rings (SSSR count). The molecule has 0 saturated heterocycles. The minimum absolute atomic E-state index is 0.181. The predicted molar refractivity (Wildman–Crippen MR) is 96.7 cm³/mol. The zero-order valence-electron chi connectivity index (χ0n) is 14.5. The molecule has 0 bridgehead atoms. The number of methoxy groups -OCH3 is 1. The summed E-state index contributed by atoms with van der Waals surface area (Å²) in [4.78, 5) is 12.4. The minimum Gasteiger partial charge on any atom is -0.497 e. The summed E-state index contributed by atoms with van der Waals surface area (Å²) >= 11 is 0. The van der Waals surface area contributed by atoms with E-state index in [-0.39, 0.29) is 17.7 Å². The van der Waals surface area contributed by atoms with Crippen LogP contribution in [0.5, 0.6) is 11.5 Å². The minimum atomic E-state index is -0.330. The topological polar surface area (TPSA) is 73.6 Å². The van der Waals surface area contributed by atoms with Gasteiger partial charge in [0.1, 0.15) is 17.6 Å². The van der Waals surface area contributed by atoms with Gasteiger partial charge in [0.05, 0.1) is 7.11 Å². The van der Waals surface area contributed by atoms with Gasteiger partial charge in [0.15, 0.2) is 11.5 Å².